The van der Waals surface area contributed by atoms with Crippen LogP contribution in [0.5, 0.6) is 5.75 Å². The van der Waals surface area contributed by atoms with E-state index in [-0.39, 0.29) is 27.9 Å². The highest BCUT2D eigenvalue weighted by atomic mass is 35.5. The van der Waals surface area contributed by atoms with Crippen LogP contribution in [0.25, 0.3) is 22.4 Å². The maximum absolute atomic E-state index is 14.9. The van der Waals surface area contributed by atoms with Gasteiger partial charge in [-0.1, -0.05) is 50.6 Å². The summed E-state index contributed by atoms with van der Waals surface area (Å²) >= 11 is 5.99. The number of aromatic amines is 1. The number of ether oxygens (including phenoxy) is 2. The highest BCUT2D eigenvalue weighted by Gasteiger charge is 2.23. The van der Waals surface area contributed by atoms with Gasteiger partial charge in [-0.15, -0.1) is 0 Å². The van der Waals surface area contributed by atoms with Gasteiger partial charge < -0.3 is 14.5 Å². The smallest absolute Gasteiger partial charge is 0.357 e. The number of H-pyrrole nitrogens is 1. The van der Waals surface area contributed by atoms with Crippen molar-refractivity contribution in [3.8, 4) is 17.1 Å². The lowest BCUT2D eigenvalue weighted by atomic mass is 10.1. The lowest BCUT2D eigenvalue weighted by Gasteiger charge is -2.11. The van der Waals surface area contributed by atoms with Crippen LogP contribution < -0.4 is 4.74 Å². The van der Waals surface area contributed by atoms with E-state index in [0.717, 1.165) is 24.8 Å². The molecule has 0 radical (unpaired) electrons. The summed E-state index contributed by atoms with van der Waals surface area (Å²) in [6.07, 6.45) is 8.27. The van der Waals surface area contributed by atoms with E-state index in [1.54, 1.807) is 6.20 Å². The molecule has 0 aliphatic heterocycles. The number of rotatable bonds is 10. The van der Waals surface area contributed by atoms with Crippen molar-refractivity contribution in [2.24, 2.45) is 0 Å². The maximum Gasteiger partial charge on any atom is 0.357 e. The van der Waals surface area contributed by atoms with E-state index in [1.165, 1.54) is 38.5 Å². The molecule has 0 unspecified atom stereocenters. The number of esters is 1. The second kappa shape index (κ2) is 10.6. The van der Waals surface area contributed by atoms with Crippen LogP contribution in [0.1, 0.15) is 61.5 Å². The van der Waals surface area contributed by atoms with Gasteiger partial charge in [0.1, 0.15) is 5.65 Å². The van der Waals surface area contributed by atoms with Crippen LogP contribution in [0.4, 0.5) is 4.39 Å². The second-order valence-corrected chi connectivity index (χ2v) is 7.84. The molecule has 0 atom stereocenters. The first-order chi connectivity index (χ1) is 15.0. The molecule has 1 N–H and O–H groups in total. The minimum Gasteiger partial charge on any atom is -0.492 e. The number of nitrogens with one attached hydrogen (secondary N) is 1. The fraction of sp³-hybridized carbons (Fsp3) is 0.435. The fourth-order valence-electron chi connectivity index (χ4n) is 3.46. The molecule has 0 spiro atoms. The summed E-state index contributed by atoms with van der Waals surface area (Å²) in [6, 6.07) is 2.96. The second-order valence-electron chi connectivity index (χ2n) is 7.44. The molecule has 3 aromatic rings. The van der Waals surface area contributed by atoms with Gasteiger partial charge in [0, 0.05) is 6.20 Å². The summed E-state index contributed by atoms with van der Waals surface area (Å²) in [5, 5.41) is 0.706. The largest absolute Gasteiger partial charge is 0.492 e. The van der Waals surface area contributed by atoms with E-state index in [9.17, 15) is 9.18 Å². The molecule has 0 aliphatic carbocycles. The van der Waals surface area contributed by atoms with Crippen LogP contribution >= 0.6 is 11.6 Å². The number of carbonyl (C=O) groups is 1. The van der Waals surface area contributed by atoms with Crippen molar-refractivity contribution < 1.29 is 18.7 Å². The number of aromatic nitrogens is 3. The molecule has 0 fully saturated rings. The molecule has 0 bridgehead atoms. The molecule has 2 aromatic heterocycles. The van der Waals surface area contributed by atoms with Crippen molar-refractivity contribution in [3.63, 3.8) is 0 Å². The zero-order chi connectivity index (χ0) is 22.4. The van der Waals surface area contributed by atoms with Crippen LogP contribution in [0.15, 0.2) is 18.3 Å². The van der Waals surface area contributed by atoms with Gasteiger partial charge >= 0.3 is 5.97 Å². The van der Waals surface area contributed by atoms with Gasteiger partial charge in [0.25, 0.3) is 0 Å². The lowest BCUT2D eigenvalue weighted by molar-refractivity contribution is 0.0493. The van der Waals surface area contributed by atoms with Gasteiger partial charge in [-0.3, -0.25) is 0 Å². The highest BCUT2D eigenvalue weighted by Crippen LogP contribution is 2.34. The van der Waals surface area contributed by atoms with Gasteiger partial charge in [-0.25, -0.2) is 19.2 Å². The van der Waals surface area contributed by atoms with E-state index in [2.05, 4.69) is 21.9 Å². The third kappa shape index (κ3) is 5.15. The quantitative estimate of drug-likeness (QED) is 0.293. The Labute approximate surface area is 186 Å². The summed E-state index contributed by atoms with van der Waals surface area (Å²) in [5.74, 6) is -1.29. The molecule has 3 rings (SSSR count). The standard InChI is InChI=1S/C23H27ClFN3O3/c1-4-5-6-7-8-9-12-31-23(29)19-17-14(2)13-26-22(17)28-21(27-19)15-10-11-16(24)20(30-3)18(15)25/h10-11,13H,4-9,12H2,1-3H3,(H,26,27,28). The zero-order valence-electron chi connectivity index (χ0n) is 18.1. The number of hydrogen-bond acceptors (Lipinski definition) is 5. The number of fused-ring (bicyclic) bond motifs is 1. The van der Waals surface area contributed by atoms with Crippen LogP contribution in [0.3, 0.4) is 0 Å². The average Bonchev–Trinajstić information content (AvgIpc) is 3.13. The molecule has 6 nitrogen and oxygen atoms in total. The Balaban J connectivity index is 1.86. The molecule has 166 valence electrons. The molecule has 31 heavy (non-hydrogen) atoms. The number of aryl methyl sites for hydroxylation is 1. The number of unbranched alkanes of at least 4 members (excludes halogenated alkanes) is 5. The van der Waals surface area contributed by atoms with Crippen LogP contribution in [-0.2, 0) is 4.74 Å². The molecule has 0 saturated heterocycles. The molecule has 1 aromatic carbocycles. The van der Waals surface area contributed by atoms with Gasteiger partial charge in [0.15, 0.2) is 23.1 Å². The van der Waals surface area contributed by atoms with Gasteiger partial charge in [-0.2, -0.15) is 0 Å². The van der Waals surface area contributed by atoms with Gasteiger partial charge in [0.05, 0.1) is 29.7 Å². The summed E-state index contributed by atoms with van der Waals surface area (Å²) in [7, 11) is 1.33. The zero-order valence-corrected chi connectivity index (χ0v) is 18.8. The number of nitrogens with zero attached hydrogens (tertiary/aromatic N) is 2. The van der Waals surface area contributed by atoms with Crippen molar-refractivity contribution in [1.29, 1.82) is 0 Å². The maximum atomic E-state index is 14.9. The van der Waals surface area contributed by atoms with E-state index in [0.29, 0.717) is 17.6 Å². The Morgan fingerprint density at radius 3 is 2.65 bits per heavy atom. The van der Waals surface area contributed by atoms with E-state index < -0.39 is 11.8 Å². The Morgan fingerprint density at radius 1 is 1.16 bits per heavy atom. The molecule has 2 heterocycles. The predicted octanol–water partition coefficient (Wildman–Crippen LogP) is 6.25. The van der Waals surface area contributed by atoms with Crippen LogP contribution in [0, 0.1) is 12.7 Å². The molecule has 0 aliphatic rings. The summed E-state index contributed by atoms with van der Waals surface area (Å²) in [4.78, 5) is 24.6. The average molecular weight is 448 g/mol. The van der Waals surface area contributed by atoms with Gasteiger partial charge in [0.2, 0.25) is 0 Å². The van der Waals surface area contributed by atoms with Gasteiger partial charge in [-0.05, 0) is 31.0 Å². The minimum atomic E-state index is -0.691. The first kappa shape index (κ1) is 23.0. The molecule has 8 heteroatoms. The first-order valence-corrected chi connectivity index (χ1v) is 10.9. The first-order valence-electron chi connectivity index (χ1n) is 10.5. The SMILES string of the molecule is CCCCCCCCOC(=O)c1nc(-c2ccc(Cl)c(OC)c2F)nc2[nH]cc(C)c12. The van der Waals surface area contributed by atoms with Crippen molar-refractivity contribution in [2.45, 2.75) is 52.4 Å². The normalized spacial score (nSPS) is 11.1. The minimum absolute atomic E-state index is 0.0494. The van der Waals surface area contributed by atoms with E-state index in [4.69, 9.17) is 21.1 Å². The topological polar surface area (TPSA) is 77.1 Å². The Bertz CT molecular complexity index is 1070. The number of hydrogen-bond donors (Lipinski definition) is 1. The third-order valence-electron chi connectivity index (χ3n) is 5.15. The monoisotopic (exact) mass is 447 g/mol. The fourth-order valence-corrected chi connectivity index (χ4v) is 3.69. The van der Waals surface area contributed by atoms with Crippen LogP contribution in [0.2, 0.25) is 5.02 Å². The van der Waals surface area contributed by atoms with Crippen LogP contribution in [-0.4, -0.2) is 34.6 Å². The molecule has 0 saturated carbocycles. The van der Waals surface area contributed by atoms with E-state index in [1.807, 2.05) is 6.92 Å². The highest BCUT2D eigenvalue weighted by molar-refractivity contribution is 6.32. The van der Waals surface area contributed by atoms with E-state index >= 15 is 0 Å². The Kier molecular flexibility index (Phi) is 7.85. The number of benzene rings is 1. The molecule has 0 amide bonds. The summed E-state index contributed by atoms with van der Waals surface area (Å²) in [6.45, 7) is 4.34. The van der Waals surface area contributed by atoms with Crippen molar-refractivity contribution in [2.75, 3.05) is 13.7 Å². The van der Waals surface area contributed by atoms with Crippen molar-refractivity contribution in [3.05, 3.63) is 40.4 Å². The molecular formula is C23H27ClFN3O3. The number of halogens is 2. The Morgan fingerprint density at radius 2 is 1.90 bits per heavy atom. The van der Waals surface area contributed by atoms with Crippen molar-refractivity contribution in [1.82, 2.24) is 15.0 Å². The van der Waals surface area contributed by atoms with Crippen molar-refractivity contribution >= 4 is 28.6 Å². The third-order valence-corrected chi connectivity index (χ3v) is 5.44. The molecular weight excluding hydrogens is 421 g/mol. The summed E-state index contributed by atoms with van der Waals surface area (Å²) in [5.41, 5.74) is 1.43. The predicted molar refractivity (Wildman–Crippen MR) is 119 cm³/mol. The lowest BCUT2D eigenvalue weighted by Crippen LogP contribution is -2.11. The summed E-state index contributed by atoms with van der Waals surface area (Å²) < 4.78 is 25.4. The number of methoxy groups -OCH3 is 1. The Hall–Kier alpha value is -2.67. The number of carbonyl (C=O) groups excluding carboxylic acids is 1.